The van der Waals surface area contributed by atoms with Crippen molar-refractivity contribution in [3.63, 3.8) is 0 Å². The molecule has 0 radical (unpaired) electrons. The van der Waals surface area contributed by atoms with Gasteiger partial charge in [0.2, 0.25) is 5.82 Å². The highest BCUT2D eigenvalue weighted by atomic mass is 79.9. The third-order valence-corrected chi connectivity index (χ3v) is 7.29. The zero-order chi connectivity index (χ0) is 29.9. The van der Waals surface area contributed by atoms with Crippen molar-refractivity contribution in [2.24, 2.45) is 5.10 Å². The summed E-state index contributed by atoms with van der Waals surface area (Å²) in [6.45, 7) is 2.24. The molecule has 6 aromatic rings. The SMILES string of the molecule is CCOc1cc(C=Nn2c(-c3cc4c(OC)cccc4o3)nc3ccccc3c2=O)cc(Br)c1OCc1ccccc1F. The standard InChI is InChI=1S/C33H25BrFN3O5/c1-3-41-29-16-20(15-24(34)31(29)42-19-21-9-4-6-11-25(21)35)18-36-38-32(37-26-12-7-5-10-22(26)33(38)39)30-17-23-27(40-2)13-8-14-28(23)43-30/h4-18H,3,19H2,1-2H3. The van der Waals surface area contributed by atoms with Crippen LogP contribution in [0.15, 0.2) is 104 Å². The number of ether oxygens (including phenoxy) is 3. The molecule has 4 aromatic carbocycles. The summed E-state index contributed by atoms with van der Waals surface area (Å²) >= 11 is 3.55. The fraction of sp³-hybridized carbons (Fsp3) is 0.121. The number of benzene rings is 4. The first-order valence-electron chi connectivity index (χ1n) is 13.4. The summed E-state index contributed by atoms with van der Waals surface area (Å²) in [5.74, 6) is 1.72. The molecule has 0 aliphatic heterocycles. The van der Waals surface area contributed by atoms with Crippen molar-refractivity contribution < 1.29 is 23.0 Å². The lowest BCUT2D eigenvalue weighted by atomic mass is 10.2. The predicted molar refractivity (Wildman–Crippen MR) is 167 cm³/mol. The van der Waals surface area contributed by atoms with Crippen molar-refractivity contribution in [2.75, 3.05) is 13.7 Å². The van der Waals surface area contributed by atoms with E-state index in [9.17, 15) is 9.18 Å². The second-order valence-corrected chi connectivity index (χ2v) is 10.3. The summed E-state index contributed by atoms with van der Waals surface area (Å²) in [5, 5.41) is 5.70. The van der Waals surface area contributed by atoms with Gasteiger partial charge in [0.25, 0.3) is 5.56 Å². The van der Waals surface area contributed by atoms with Crippen LogP contribution in [0.3, 0.4) is 0 Å². The minimum atomic E-state index is -0.363. The largest absolute Gasteiger partial charge is 0.496 e. The molecular formula is C33H25BrFN3O5. The number of nitrogens with zero attached hydrogens (tertiary/aromatic N) is 3. The Hall–Kier alpha value is -4.96. The predicted octanol–water partition coefficient (Wildman–Crippen LogP) is 7.58. The van der Waals surface area contributed by atoms with Crippen molar-refractivity contribution in [3.8, 4) is 28.8 Å². The first-order chi connectivity index (χ1) is 21.0. The molecule has 0 spiro atoms. The summed E-state index contributed by atoms with van der Waals surface area (Å²) in [6.07, 6.45) is 1.53. The van der Waals surface area contributed by atoms with Gasteiger partial charge < -0.3 is 18.6 Å². The Morgan fingerprint density at radius 3 is 2.60 bits per heavy atom. The van der Waals surface area contributed by atoms with E-state index in [2.05, 4.69) is 21.0 Å². The minimum Gasteiger partial charge on any atom is -0.496 e. The van der Waals surface area contributed by atoms with Crippen molar-refractivity contribution in [1.29, 1.82) is 0 Å². The topological polar surface area (TPSA) is 88.1 Å². The van der Waals surface area contributed by atoms with E-state index in [0.717, 1.165) is 5.39 Å². The first-order valence-corrected chi connectivity index (χ1v) is 14.2. The van der Waals surface area contributed by atoms with Crippen LogP contribution in [0.1, 0.15) is 18.1 Å². The average molecular weight is 642 g/mol. The molecule has 2 heterocycles. The lowest BCUT2D eigenvalue weighted by Crippen LogP contribution is -2.20. The highest BCUT2D eigenvalue weighted by Gasteiger charge is 2.18. The van der Waals surface area contributed by atoms with E-state index < -0.39 is 0 Å². The summed E-state index contributed by atoms with van der Waals surface area (Å²) in [7, 11) is 1.58. The van der Waals surface area contributed by atoms with Crippen LogP contribution in [0.25, 0.3) is 33.5 Å². The summed E-state index contributed by atoms with van der Waals surface area (Å²) in [5.41, 5.74) is 1.77. The Balaban J connectivity index is 1.42. The lowest BCUT2D eigenvalue weighted by molar-refractivity contribution is 0.264. The van der Waals surface area contributed by atoms with Gasteiger partial charge in [-0.05, 0) is 76.9 Å². The van der Waals surface area contributed by atoms with Gasteiger partial charge in [0.15, 0.2) is 17.3 Å². The summed E-state index contributed by atoms with van der Waals surface area (Å²) in [6, 6.07) is 24.2. The minimum absolute atomic E-state index is 0.0165. The van der Waals surface area contributed by atoms with E-state index in [4.69, 9.17) is 23.6 Å². The third-order valence-electron chi connectivity index (χ3n) is 6.70. The molecule has 216 valence electrons. The maximum Gasteiger partial charge on any atom is 0.282 e. The lowest BCUT2D eigenvalue weighted by Gasteiger charge is -2.15. The van der Waals surface area contributed by atoms with Crippen LogP contribution < -0.4 is 19.8 Å². The molecule has 43 heavy (non-hydrogen) atoms. The number of para-hydroxylation sites is 1. The van der Waals surface area contributed by atoms with E-state index in [1.165, 1.54) is 17.0 Å². The van der Waals surface area contributed by atoms with Crippen LogP contribution in [-0.2, 0) is 6.61 Å². The van der Waals surface area contributed by atoms with Crippen molar-refractivity contribution in [3.05, 3.63) is 117 Å². The molecule has 0 unspecified atom stereocenters. The average Bonchev–Trinajstić information content (AvgIpc) is 3.46. The van der Waals surface area contributed by atoms with Gasteiger partial charge in [0.05, 0.1) is 40.7 Å². The number of hydrogen-bond donors (Lipinski definition) is 0. The first kappa shape index (κ1) is 28.2. The molecule has 0 aliphatic carbocycles. The zero-order valence-corrected chi connectivity index (χ0v) is 24.8. The van der Waals surface area contributed by atoms with Gasteiger partial charge in [0.1, 0.15) is 23.8 Å². The fourth-order valence-electron chi connectivity index (χ4n) is 4.67. The van der Waals surface area contributed by atoms with Crippen LogP contribution in [0.2, 0.25) is 0 Å². The van der Waals surface area contributed by atoms with Crippen LogP contribution in [0.4, 0.5) is 4.39 Å². The molecular weight excluding hydrogens is 617 g/mol. The number of halogens is 2. The number of furan rings is 1. The Morgan fingerprint density at radius 1 is 0.977 bits per heavy atom. The molecule has 0 aliphatic rings. The van der Waals surface area contributed by atoms with Crippen molar-refractivity contribution in [1.82, 2.24) is 9.66 Å². The van der Waals surface area contributed by atoms with Gasteiger partial charge in [-0.15, -0.1) is 0 Å². The molecule has 8 nitrogen and oxygen atoms in total. The maximum absolute atomic E-state index is 14.2. The second-order valence-electron chi connectivity index (χ2n) is 9.44. The zero-order valence-electron chi connectivity index (χ0n) is 23.2. The van der Waals surface area contributed by atoms with Gasteiger partial charge >= 0.3 is 0 Å². The van der Waals surface area contributed by atoms with E-state index >= 15 is 0 Å². The van der Waals surface area contributed by atoms with Gasteiger partial charge in [-0.1, -0.05) is 36.4 Å². The third kappa shape index (κ3) is 5.61. The van der Waals surface area contributed by atoms with Crippen LogP contribution in [0, 0.1) is 5.82 Å². The monoisotopic (exact) mass is 641 g/mol. The van der Waals surface area contributed by atoms with Gasteiger partial charge in [-0.25, -0.2) is 9.37 Å². The quantitative estimate of drug-likeness (QED) is 0.151. The Bertz CT molecular complexity index is 2050. The molecule has 0 bridgehead atoms. The highest BCUT2D eigenvalue weighted by Crippen LogP contribution is 2.37. The smallest absolute Gasteiger partial charge is 0.282 e. The molecule has 6 rings (SSSR count). The van der Waals surface area contributed by atoms with Crippen molar-refractivity contribution >= 4 is 44.0 Å². The van der Waals surface area contributed by atoms with Crippen LogP contribution >= 0.6 is 15.9 Å². The van der Waals surface area contributed by atoms with Gasteiger partial charge in [-0.3, -0.25) is 4.79 Å². The maximum atomic E-state index is 14.2. The number of hydrogen-bond acceptors (Lipinski definition) is 7. The number of aromatic nitrogens is 2. The number of fused-ring (bicyclic) bond motifs is 2. The fourth-order valence-corrected chi connectivity index (χ4v) is 5.24. The molecule has 0 amide bonds. The van der Waals surface area contributed by atoms with Crippen molar-refractivity contribution in [2.45, 2.75) is 13.5 Å². The Morgan fingerprint density at radius 2 is 1.79 bits per heavy atom. The molecule has 0 fully saturated rings. The summed E-state index contributed by atoms with van der Waals surface area (Å²) < 4.78 is 39.3. The highest BCUT2D eigenvalue weighted by molar-refractivity contribution is 9.10. The second kappa shape index (κ2) is 12.1. The van der Waals surface area contributed by atoms with E-state index in [0.29, 0.717) is 61.7 Å². The number of rotatable bonds is 9. The summed E-state index contributed by atoms with van der Waals surface area (Å²) in [4.78, 5) is 18.4. The number of methoxy groups -OCH3 is 1. The Labute approximate surface area is 254 Å². The van der Waals surface area contributed by atoms with E-state index in [1.54, 1.807) is 61.7 Å². The van der Waals surface area contributed by atoms with E-state index in [1.807, 2.05) is 31.2 Å². The molecule has 0 saturated heterocycles. The Kier molecular flexibility index (Phi) is 7.93. The molecule has 0 atom stereocenters. The molecule has 0 saturated carbocycles. The van der Waals surface area contributed by atoms with E-state index in [-0.39, 0.29) is 23.8 Å². The van der Waals surface area contributed by atoms with Gasteiger partial charge in [0, 0.05) is 5.56 Å². The molecule has 10 heteroatoms. The van der Waals surface area contributed by atoms with Gasteiger partial charge in [-0.2, -0.15) is 9.78 Å². The molecule has 0 N–H and O–H groups in total. The molecule has 2 aromatic heterocycles. The van der Waals surface area contributed by atoms with Crippen LogP contribution in [-0.4, -0.2) is 29.6 Å². The van der Waals surface area contributed by atoms with Crippen LogP contribution in [0.5, 0.6) is 17.2 Å². The normalized spacial score (nSPS) is 11.4.